The molecule has 0 radical (unpaired) electrons. The zero-order valence-corrected chi connectivity index (χ0v) is 16.5. The first-order valence-electron chi connectivity index (χ1n) is 10.2. The van der Waals surface area contributed by atoms with Gasteiger partial charge in [0.2, 0.25) is 0 Å². The molecule has 0 aliphatic heterocycles. The van der Waals surface area contributed by atoms with Gasteiger partial charge in [-0.15, -0.1) is 0 Å². The van der Waals surface area contributed by atoms with Crippen molar-refractivity contribution in [2.75, 3.05) is 6.61 Å². The molecule has 0 amide bonds. The van der Waals surface area contributed by atoms with Gasteiger partial charge in [-0.2, -0.15) is 0 Å². The van der Waals surface area contributed by atoms with Crippen molar-refractivity contribution in [3.05, 3.63) is 66.7 Å². The minimum Gasteiger partial charge on any atom is -0.494 e. The summed E-state index contributed by atoms with van der Waals surface area (Å²) in [6.07, 6.45) is 11.0. The highest BCUT2D eigenvalue weighted by Gasteiger charge is 2.13. The molecule has 0 saturated heterocycles. The van der Waals surface area contributed by atoms with Gasteiger partial charge in [0.15, 0.2) is 0 Å². The third kappa shape index (κ3) is 5.72. The highest BCUT2D eigenvalue weighted by molar-refractivity contribution is 5.67. The molecule has 0 heterocycles. The van der Waals surface area contributed by atoms with Crippen molar-refractivity contribution in [1.29, 1.82) is 0 Å². The molecule has 0 unspecified atom stereocenters. The normalized spacial score (nSPS) is 14.5. The van der Waals surface area contributed by atoms with E-state index in [1.165, 1.54) is 38.5 Å². The number of hydrogen-bond acceptors (Lipinski definition) is 2. The lowest BCUT2D eigenvalue weighted by Gasteiger charge is -2.21. The van der Waals surface area contributed by atoms with Crippen LogP contribution in [-0.2, 0) is 0 Å². The van der Waals surface area contributed by atoms with E-state index in [0.717, 1.165) is 30.3 Å². The van der Waals surface area contributed by atoms with Crippen LogP contribution in [-0.4, -0.2) is 6.61 Å². The van der Waals surface area contributed by atoms with E-state index in [-0.39, 0.29) is 0 Å². The smallest absolute Gasteiger partial charge is 0.138 e. The third-order valence-electron chi connectivity index (χ3n) is 5.34. The quantitative estimate of drug-likeness (QED) is 0.413. The Labute approximate surface area is 167 Å². The summed E-state index contributed by atoms with van der Waals surface area (Å²) < 4.78 is 25.4. The van der Waals surface area contributed by atoms with Crippen molar-refractivity contribution in [3.8, 4) is 17.2 Å². The lowest BCUT2D eigenvalue weighted by molar-refractivity contribution is 0.269. The van der Waals surface area contributed by atoms with Crippen LogP contribution in [0.15, 0.2) is 55.6 Å². The highest BCUT2D eigenvalue weighted by Crippen LogP contribution is 2.32. The molecule has 1 aliphatic rings. The Balaban J connectivity index is 1.53. The highest BCUT2D eigenvalue weighted by atomic mass is 19.1. The summed E-state index contributed by atoms with van der Waals surface area (Å²) >= 11 is 0. The van der Waals surface area contributed by atoms with Gasteiger partial charge < -0.3 is 9.47 Å². The average Bonchev–Trinajstić information content (AvgIpc) is 2.73. The monoisotopic (exact) mass is 380 g/mol. The van der Waals surface area contributed by atoms with Crippen LogP contribution >= 0.6 is 0 Å². The first-order chi connectivity index (χ1) is 13.7. The summed E-state index contributed by atoms with van der Waals surface area (Å²) in [6, 6.07) is 12.6. The summed E-state index contributed by atoms with van der Waals surface area (Å²) in [5, 5.41) is 0. The minimum absolute atomic E-state index is 0.341. The Kier molecular flexibility index (Phi) is 7.30. The number of halogens is 1. The second kappa shape index (κ2) is 10.1. The molecule has 0 N–H and O–H groups in total. The molecule has 3 heteroatoms. The molecule has 2 aromatic rings. The number of rotatable bonds is 9. The van der Waals surface area contributed by atoms with Crippen molar-refractivity contribution >= 4 is 11.9 Å². The summed E-state index contributed by atoms with van der Waals surface area (Å²) in [7, 11) is 0. The largest absolute Gasteiger partial charge is 0.494 e. The molecular formula is C25H29FO2. The topological polar surface area (TPSA) is 18.5 Å². The van der Waals surface area contributed by atoms with Gasteiger partial charge >= 0.3 is 0 Å². The van der Waals surface area contributed by atoms with Gasteiger partial charge in [0.25, 0.3) is 0 Å². The molecular weight excluding hydrogens is 351 g/mol. The standard InChI is InChI=1S/C25H29FO2/c1-3-20-11-16-24(19(2)26)25(18-20)28-23-14-12-22(13-15-23)27-17-7-10-21-8-5-4-6-9-21/h3,11-16,18,21H,1-2,4-10,17H2. The van der Waals surface area contributed by atoms with Crippen LogP contribution in [0.1, 0.15) is 56.1 Å². The predicted molar refractivity (Wildman–Crippen MR) is 114 cm³/mol. The lowest BCUT2D eigenvalue weighted by atomic mass is 9.86. The molecule has 0 spiro atoms. The molecule has 0 atom stereocenters. The van der Waals surface area contributed by atoms with Crippen LogP contribution in [0.4, 0.5) is 4.39 Å². The van der Waals surface area contributed by atoms with Gasteiger partial charge in [0.1, 0.15) is 23.1 Å². The maximum atomic E-state index is 13.7. The maximum Gasteiger partial charge on any atom is 0.138 e. The SMILES string of the molecule is C=Cc1ccc(C(=C)F)c(Oc2ccc(OCCCC3CCCCC3)cc2)c1. The summed E-state index contributed by atoms with van der Waals surface area (Å²) in [6.45, 7) is 7.86. The van der Waals surface area contributed by atoms with Crippen molar-refractivity contribution in [2.24, 2.45) is 5.92 Å². The van der Waals surface area contributed by atoms with Crippen molar-refractivity contribution in [2.45, 2.75) is 44.9 Å². The average molecular weight is 381 g/mol. The van der Waals surface area contributed by atoms with Gasteiger partial charge in [-0.25, -0.2) is 4.39 Å². The van der Waals surface area contributed by atoms with Crippen molar-refractivity contribution in [3.63, 3.8) is 0 Å². The molecule has 0 bridgehead atoms. The molecule has 1 fully saturated rings. The van der Waals surface area contributed by atoms with Crippen LogP contribution in [0, 0.1) is 5.92 Å². The van der Waals surface area contributed by atoms with Crippen LogP contribution < -0.4 is 9.47 Å². The van der Waals surface area contributed by atoms with Crippen molar-refractivity contribution in [1.82, 2.24) is 0 Å². The fraction of sp³-hybridized carbons (Fsp3) is 0.360. The Morgan fingerprint density at radius 2 is 1.75 bits per heavy atom. The molecule has 0 aromatic heterocycles. The van der Waals surface area contributed by atoms with Crippen LogP contribution in [0.2, 0.25) is 0 Å². The van der Waals surface area contributed by atoms with Crippen LogP contribution in [0.5, 0.6) is 17.2 Å². The number of ether oxygens (including phenoxy) is 2. The van der Waals surface area contributed by atoms with E-state index in [1.807, 2.05) is 24.3 Å². The third-order valence-corrected chi connectivity index (χ3v) is 5.34. The van der Waals surface area contributed by atoms with Gasteiger partial charge in [0, 0.05) is 0 Å². The Morgan fingerprint density at radius 3 is 2.43 bits per heavy atom. The fourth-order valence-corrected chi connectivity index (χ4v) is 3.74. The zero-order valence-electron chi connectivity index (χ0n) is 16.5. The summed E-state index contributed by atoms with van der Waals surface area (Å²) in [5.74, 6) is 2.23. The van der Waals surface area contributed by atoms with Crippen molar-refractivity contribution < 1.29 is 13.9 Å². The van der Waals surface area contributed by atoms with E-state index in [2.05, 4.69) is 13.2 Å². The van der Waals surface area contributed by atoms with E-state index in [4.69, 9.17) is 9.47 Å². The van der Waals surface area contributed by atoms with Gasteiger partial charge in [-0.05, 0) is 60.7 Å². The van der Waals surface area contributed by atoms with Gasteiger partial charge in [0.05, 0.1) is 12.2 Å². The van der Waals surface area contributed by atoms with Gasteiger partial charge in [-0.1, -0.05) is 57.4 Å². The molecule has 2 nitrogen and oxygen atoms in total. The van der Waals surface area contributed by atoms with Gasteiger partial charge in [-0.3, -0.25) is 0 Å². The van der Waals surface area contributed by atoms with E-state index in [9.17, 15) is 4.39 Å². The predicted octanol–water partition coefficient (Wildman–Crippen LogP) is 7.80. The van der Waals surface area contributed by atoms with E-state index in [1.54, 1.807) is 24.3 Å². The van der Waals surface area contributed by atoms with E-state index in [0.29, 0.717) is 17.1 Å². The first kappa shape index (κ1) is 20.2. The van der Waals surface area contributed by atoms with E-state index >= 15 is 0 Å². The maximum absolute atomic E-state index is 13.7. The molecule has 28 heavy (non-hydrogen) atoms. The Bertz CT molecular complexity index is 789. The first-order valence-corrected chi connectivity index (χ1v) is 10.2. The van der Waals surface area contributed by atoms with Crippen LogP contribution in [0.25, 0.3) is 11.9 Å². The fourth-order valence-electron chi connectivity index (χ4n) is 3.74. The Hall–Kier alpha value is -2.55. The second-order valence-corrected chi connectivity index (χ2v) is 7.43. The molecule has 1 aliphatic carbocycles. The molecule has 148 valence electrons. The summed E-state index contributed by atoms with van der Waals surface area (Å²) in [5.41, 5.74) is 1.20. The molecule has 3 rings (SSSR count). The second-order valence-electron chi connectivity index (χ2n) is 7.43. The molecule has 2 aromatic carbocycles. The zero-order chi connectivity index (χ0) is 19.8. The number of hydrogen-bond donors (Lipinski definition) is 0. The summed E-state index contributed by atoms with van der Waals surface area (Å²) in [4.78, 5) is 0. The molecule has 1 saturated carbocycles. The lowest BCUT2D eigenvalue weighted by Crippen LogP contribution is -2.08. The van der Waals surface area contributed by atoms with E-state index < -0.39 is 5.83 Å². The minimum atomic E-state index is -0.525. The van der Waals surface area contributed by atoms with Crippen LogP contribution in [0.3, 0.4) is 0 Å². The Morgan fingerprint density at radius 1 is 1.04 bits per heavy atom. The number of benzene rings is 2.